The summed E-state index contributed by atoms with van der Waals surface area (Å²) in [5, 5.41) is 0. The number of likely N-dealkylation sites (tertiary alicyclic amines) is 1. The maximum absolute atomic E-state index is 5.61. The summed E-state index contributed by atoms with van der Waals surface area (Å²) in [7, 11) is 1.87. The molecule has 3 heteroatoms. The molecule has 3 nitrogen and oxygen atoms in total. The topological polar surface area (TPSA) is 25.4 Å². The summed E-state index contributed by atoms with van der Waals surface area (Å²) in [4.78, 5) is 6.63. The number of pyridine rings is 1. The van der Waals surface area contributed by atoms with E-state index in [-0.39, 0.29) is 0 Å². The van der Waals surface area contributed by atoms with Gasteiger partial charge in [0.25, 0.3) is 0 Å². The highest BCUT2D eigenvalue weighted by Gasteiger charge is 2.48. The van der Waals surface area contributed by atoms with Crippen molar-refractivity contribution in [2.45, 2.75) is 38.3 Å². The zero-order chi connectivity index (χ0) is 12.4. The fourth-order valence-corrected chi connectivity index (χ4v) is 3.51. The molecule has 1 atom stereocenters. The van der Waals surface area contributed by atoms with E-state index >= 15 is 0 Å². The van der Waals surface area contributed by atoms with Gasteiger partial charge in [-0.05, 0) is 61.9 Å². The molecule has 1 unspecified atom stereocenters. The van der Waals surface area contributed by atoms with Gasteiger partial charge in [0.05, 0.1) is 6.10 Å². The van der Waals surface area contributed by atoms with Crippen LogP contribution in [0.1, 0.15) is 31.2 Å². The van der Waals surface area contributed by atoms with Crippen LogP contribution < -0.4 is 0 Å². The van der Waals surface area contributed by atoms with Crippen LogP contribution in [0, 0.1) is 5.41 Å². The molecule has 2 fully saturated rings. The Labute approximate surface area is 109 Å². The van der Waals surface area contributed by atoms with Crippen molar-refractivity contribution in [1.82, 2.24) is 9.88 Å². The molecular weight excluding hydrogens is 224 g/mol. The Morgan fingerprint density at radius 1 is 1.28 bits per heavy atom. The molecule has 18 heavy (non-hydrogen) atoms. The lowest BCUT2D eigenvalue weighted by atomic mass is 9.61. The summed E-state index contributed by atoms with van der Waals surface area (Å²) in [5.41, 5.74) is 1.89. The molecule has 0 amide bonds. The van der Waals surface area contributed by atoms with Crippen LogP contribution in [0.4, 0.5) is 0 Å². The van der Waals surface area contributed by atoms with E-state index in [2.05, 4.69) is 22.0 Å². The zero-order valence-electron chi connectivity index (χ0n) is 11.1. The Morgan fingerprint density at radius 3 is 2.56 bits per heavy atom. The number of hydrogen-bond donors (Lipinski definition) is 0. The van der Waals surface area contributed by atoms with E-state index in [1.54, 1.807) is 0 Å². The monoisotopic (exact) mass is 246 g/mol. The first-order valence-corrected chi connectivity index (χ1v) is 6.96. The van der Waals surface area contributed by atoms with Crippen LogP contribution in [0.2, 0.25) is 0 Å². The quantitative estimate of drug-likeness (QED) is 0.819. The van der Waals surface area contributed by atoms with Gasteiger partial charge in [-0.15, -0.1) is 0 Å². The molecule has 3 rings (SSSR count). The average Bonchev–Trinajstić information content (AvgIpc) is 2.40. The summed E-state index contributed by atoms with van der Waals surface area (Å²) in [5.74, 6) is 0. The van der Waals surface area contributed by atoms with Gasteiger partial charge < -0.3 is 4.74 Å². The lowest BCUT2D eigenvalue weighted by Gasteiger charge is -2.53. The fourth-order valence-electron chi connectivity index (χ4n) is 3.51. The minimum atomic E-state index is 0.517. The zero-order valence-corrected chi connectivity index (χ0v) is 11.1. The number of hydrogen-bond acceptors (Lipinski definition) is 3. The molecular formula is C15H22N2O. The normalized spacial score (nSPS) is 27.1. The second-order valence-electron chi connectivity index (χ2n) is 5.76. The Morgan fingerprint density at radius 2 is 2.00 bits per heavy atom. The van der Waals surface area contributed by atoms with Gasteiger partial charge in [-0.1, -0.05) is 0 Å². The van der Waals surface area contributed by atoms with Crippen molar-refractivity contribution in [2.24, 2.45) is 5.41 Å². The van der Waals surface area contributed by atoms with Gasteiger partial charge in [-0.3, -0.25) is 9.88 Å². The smallest absolute Gasteiger partial charge is 0.0628 e. The lowest BCUT2D eigenvalue weighted by molar-refractivity contribution is -0.120. The van der Waals surface area contributed by atoms with Crippen LogP contribution in [0.5, 0.6) is 0 Å². The standard InChI is InChI=1S/C15H22N2O/c1-18-14-2-5-15(14)6-10-17(11-7-15)12-13-3-8-16-9-4-13/h3-4,8-9,14H,2,5-7,10-12H2,1H3. The van der Waals surface area contributed by atoms with Crippen molar-refractivity contribution >= 4 is 0 Å². The SMILES string of the molecule is COC1CCC12CCN(Cc1ccncc1)CC2. The molecule has 0 bridgehead atoms. The van der Waals surface area contributed by atoms with Crippen LogP contribution in [-0.2, 0) is 11.3 Å². The third kappa shape index (κ3) is 2.17. The summed E-state index contributed by atoms with van der Waals surface area (Å²) in [6, 6.07) is 4.23. The van der Waals surface area contributed by atoms with Gasteiger partial charge in [0.1, 0.15) is 0 Å². The van der Waals surface area contributed by atoms with E-state index in [9.17, 15) is 0 Å². The highest BCUT2D eigenvalue weighted by molar-refractivity contribution is 5.10. The van der Waals surface area contributed by atoms with Crippen molar-refractivity contribution in [1.29, 1.82) is 0 Å². The maximum Gasteiger partial charge on any atom is 0.0628 e. The van der Waals surface area contributed by atoms with E-state index in [0.717, 1.165) is 6.54 Å². The Bertz CT molecular complexity index is 383. The Balaban J connectivity index is 1.54. The molecule has 1 saturated heterocycles. The van der Waals surface area contributed by atoms with Gasteiger partial charge >= 0.3 is 0 Å². The second kappa shape index (κ2) is 4.98. The molecule has 1 spiro atoms. The maximum atomic E-state index is 5.61. The van der Waals surface area contributed by atoms with Crippen LogP contribution in [0.25, 0.3) is 0 Å². The van der Waals surface area contributed by atoms with Gasteiger partial charge in [-0.25, -0.2) is 0 Å². The largest absolute Gasteiger partial charge is 0.381 e. The second-order valence-corrected chi connectivity index (χ2v) is 5.76. The third-order valence-electron chi connectivity index (χ3n) is 4.88. The number of aromatic nitrogens is 1. The lowest BCUT2D eigenvalue weighted by Crippen LogP contribution is -2.52. The summed E-state index contributed by atoms with van der Waals surface area (Å²) in [6.07, 6.45) is 9.53. The van der Waals surface area contributed by atoms with Gasteiger partial charge in [-0.2, -0.15) is 0 Å². The van der Waals surface area contributed by atoms with Gasteiger partial charge in [0, 0.05) is 26.0 Å². The van der Waals surface area contributed by atoms with Crippen molar-refractivity contribution in [3.8, 4) is 0 Å². The van der Waals surface area contributed by atoms with Crippen molar-refractivity contribution in [3.63, 3.8) is 0 Å². The van der Waals surface area contributed by atoms with Crippen LogP contribution in [-0.4, -0.2) is 36.2 Å². The first-order valence-electron chi connectivity index (χ1n) is 6.96. The molecule has 0 radical (unpaired) electrons. The van der Waals surface area contributed by atoms with Crippen LogP contribution >= 0.6 is 0 Å². The van der Waals surface area contributed by atoms with Gasteiger partial charge in [0.2, 0.25) is 0 Å². The number of piperidine rings is 1. The summed E-state index contributed by atoms with van der Waals surface area (Å²) in [6.45, 7) is 3.49. The summed E-state index contributed by atoms with van der Waals surface area (Å²) < 4.78 is 5.61. The van der Waals surface area contributed by atoms with Crippen molar-refractivity contribution in [3.05, 3.63) is 30.1 Å². The molecule has 0 N–H and O–H groups in total. The molecule has 1 aliphatic heterocycles. The molecule has 1 aliphatic carbocycles. The molecule has 2 aliphatic rings. The van der Waals surface area contributed by atoms with Crippen molar-refractivity contribution in [2.75, 3.05) is 20.2 Å². The van der Waals surface area contributed by atoms with E-state index in [1.807, 2.05) is 19.5 Å². The molecule has 1 aromatic rings. The van der Waals surface area contributed by atoms with E-state index in [1.165, 1.54) is 44.3 Å². The highest BCUT2D eigenvalue weighted by atomic mass is 16.5. The molecule has 1 saturated carbocycles. The van der Waals surface area contributed by atoms with E-state index in [0.29, 0.717) is 11.5 Å². The minimum Gasteiger partial charge on any atom is -0.381 e. The fraction of sp³-hybridized carbons (Fsp3) is 0.667. The van der Waals surface area contributed by atoms with Crippen LogP contribution in [0.15, 0.2) is 24.5 Å². The summed E-state index contributed by atoms with van der Waals surface area (Å²) >= 11 is 0. The van der Waals surface area contributed by atoms with Crippen molar-refractivity contribution < 1.29 is 4.74 Å². The first kappa shape index (κ1) is 12.1. The predicted molar refractivity (Wildman–Crippen MR) is 71.2 cm³/mol. The third-order valence-corrected chi connectivity index (χ3v) is 4.88. The first-order chi connectivity index (χ1) is 8.82. The predicted octanol–water partition coefficient (Wildman–Crippen LogP) is 2.47. The number of methoxy groups -OCH3 is 1. The number of nitrogens with zero attached hydrogens (tertiary/aromatic N) is 2. The highest BCUT2D eigenvalue weighted by Crippen LogP contribution is 2.50. The molecule has 1 aromatic heterocycles. The minimum absolute atomic E-state index is 0.517. The Kier molecular flexibility index (Phi) is 3.35. The number of rotatable bonds is 3. The van der Waals surface area contributed by atoms with E-state index in [4.69, 9.17) is 4.74 Å². The molecule has 98 valence electrons. The number of ether oxygens (including phenoxy) is 1. The van der Waals surface area contributed by atoms with E-state index < -0.39 is 0 Å². The van der Waals surface area contributed by atoms with Crippen LogP contribution in [0.3, 0.4) is 0 Å². The average molecular weight is 246 g/mol. The Hall–Kier alpha value is -0.930. The van der Waals surface area contributed by atoms with Gasteiger partial charge in [0.15, 0.2) is 0 Å². The molecule has 0 aromatic carbocycles. The molecule has 2 heterocycles.